The molecule has 0 aliphatic heterocycles. The van der Waals surface area contributed by atoms with Crippen molar-refractivity contribution in [1.82, 2.24) is 9.47 Å². The first-order valence-electron chi connectivity index (χ1n) is 4.92. The summed E-state index contributed by atoms with van der Waals surface area (Å²) in [6.07, 6.45) is 2.34. The highest BCUT2D eigenvalue weighted by Gasteiger charge is 2.13. The lowest BCUT2D eigenvalue weighted by Crippen LogP contribution is -2.26. The van der Waals surface area contributed by atoms with Crippen LogP contribution in [0.15, 0.2) is 30.5 Å². The van der Waals surface area contributed by atoms with Gasteiger partial charge in [-0.1, -0.05) is 18.2 Å². The van der Waals surface area contributed by atoms with Gasteiger partial charge in [0.05, 0.1) is 5.52 Å². The van der Waals surface area contributed by atoms with Gasteiger partial charge < -0.3 is 4.90 Å². The Labute approximate surface area is 93.1 Å². The summed E-state index contributed by atoms with van der Waals surface area (Å²) in [4.78, 5) is 24.2. The number of benzene rings is 1. The molecule has 0 unspecified atom stereocenters. The fourth-order valence-electron chi connectivity index (χ4n) is 1.67. The minimum absolute atomic E-state index is 0.163. The fourth-order valence-corrected chi connectivity index (χ4v) is 1.67. The molecule has 1 heterocycles. The van der Waals surface area contributed by atoms with Crippen molar-refractivity contribution >= 4 is 23.2 Å². The fraction of sp³-hybridized carbons (Fsp3) is 0.167. The number of aldehydes is 1. The van der Waals surface area contributed by atoms with Gasteiger partial charge in [-0.15, -0.1) is 0 Å². The molecule has 1 aromatic heterocycles. The molecular formula is C12H12N2O2. The highest BCUT2D eigenvalue weighted by molar-refractivity contribution is 6.01. The zero-order chi connectivity index (χ0) is 11.7. The van der Waals surface area contributed by atoms with Gasteiger partial charge in [0.25, 0.3) is 0 Å². The van der Waals surface area contributed by atoms with Crippen LogP contribution in [0.3, 0.4) is 0 Å². The molecule has 4 nitrogen and oxygen atoms in total. The van der Waals surface area contributed by atoms with Crippen molar-refractivity contribution in [2.75, 3.05) is 14.1 Å². The molecule has 0 N–H and O–H groups in total. The van der Waals surface area contributed by atoms with E-state index in [-0.39, 0.29) is 6.03 Å². The van der Waals surface area contributed by atoms with Crippen LogP contribution in [0.25, 0.3) is 10.9 Å². The summed E-state index contributed by atoms with van der Waals surface area (Å²) in [6, 6.07) is 7.18. The predicted octanol–water partition coefficient (Wildman–Crippen LogP) is 1.98. The van der Waals surface area contributed by atoms with Crippen LogP contribution in [0.4, 0.5) is 4.79 Å². The summed E-state index contributed by atoms with van der Waals surface area (Å²) in [5, 5.41) is 0.799. The average Bonchev–Trinajstić information content (AvgIpc) is 2.66. The van der Waals surface area contributed by atoms with Crippen LogP contribution in [0.5, 0.6) is 0 Å². The second-order valence-corrected chi connectivity index (χ2v) is 3.77. The van der Waals surface area contributed by atoms with Crippen LogP contribution in [-0.4, -0.2) is 35.9 Å². The molecule has 0 spiro atoms. The summed E-state index contributed by atoms with van der Waals surface area (Å²) >= 11 is 0. The molecule has 1 aromatic carbocycles. The van der Waals surface area contributed by atoms with E-state index >= 15 is 0 Å². The molecular weight excluding hydrogens is 204 g/mol. The summed E-state index contributed by atoms with van der Waals surface area (Å²) in [5.74, 6) is 0. The minimum atomic E-state index is -0.163. The molecule has 0 radical (unpaired) electrons. The van der Waals surface area contributed by atoms with Gasteiger partial charge in [0.15, 0.2) is 6.29 Å². The second kappa shape index (κ2) is 3.81. The SMILES string of the molecule is CN(C)C(=O)n1cc(C=O)c2ccccc21. The molecule has 2 aromatic rings. The van der Waals surface area contributed by atoms with Gasteiger partial charge in [0, 0.05) is 31.2 Å². The van der Waals surface area contributed by atoms with E-state index in [0.29, 0.717) is 5.56 Å². The summed E-state index contributed by atoms with van der Waals surface area (Å²) < 4.78 is 1.49. The maximum atomic E-state index is 11.9. The molecule has 0 saturated carbocycles. The van der Waals surface area contributed by atoms with E-state index in [1.807, 2.05) is 24.3 Å². The van der Waals surface area contributed by atoms with Gasteiger partial charge in [-0.25, -0.2) is 4.79 Å². The smallest absolute Gasteiger partial charge is 0.328 e. The van der Waals surface area contributed by atoms with Crippen molar-refractivity contribution in [3.05, 3.63) is 36.0 Å². The lowest BCUT2D eigenvalue weighted by molar-refractivity contribution is 0.112. The molecule has 0 fully saturated rings. The minimum Gasteiger partial charge on any atom is -0.330 e. The third kappa shape index (κ3) is 1.48. The van der Waals surface area contributed by atoms with Crippen molar-refractivity contribution in [1.29, 1.82) is 0 Å². The third-order valence-corrected chi connectivity index (χ3v) is 2.46. The van der Waals surface area contributed by atoms with Crippen molar-refractivity contribution < 1.29 is 9.59 Å². The highest BCUT2D eigenvalue weighted by atomic mass is 16.2. The quantitative estimate of drug-likeness (QED) is 0.684. The van der Waals surface area contributed by atoms with E-state index < -0.39 is 0 Å². The molecule has 0 aliphatic carbocycles. The average molecular weight is 216 g/mol. The predicted molar refractivity (Wildman–Crippen MR) is 61.8 cm³/mol. The van der Waals surface area contributed by atoms with Crippen LogP contribution in [0, 0.1) is 0 Å². The van der Waals surface area contributed by atoms with Gasteiger partial charge in [-0.05, 0) is 6.07 Å². The van der Waals surface area contributed by atoms with Crippen LogP contribution in [-0.2, 0) is 0 Å². The lowest BCUT2D eigenvalue weighted by atomic mass is 10.2. The Morgan fingerprint density at radius 3 is 2.62 bits per heavy atom. The highest BCUT2D eigenvalue weighted by Crippen LogP contribution is 2.20. The van der Waals surface area contributed by atoms with E-state index in [2.05, 4.69) is 0 Å². The van der Waals surface area contributed by atoms with Gasteiger partial charge in [0.1, 0.15) is 0 Å². The van der Waals surface area contributed by atoms with E-state index in [4.69, 9.17) is 0 Å². The monoisotopic (exact) mass is 216 g/mol. The molecule has 2 rings (SSSR count). The van der Waals surface area contributed by atoms with Crippen molar-refractivity contribution in [2.24, 2.45) is 0 Å². The second-order valence-electron chi connectivity index (χ2n) is 3.77. The summed E-state index contributed by atoms with van der Waals surface area (Å²) in [5.41, 5.74) is 1.29. The zero-order valence-corrected chi connectivity index (χ0v) is 9.18. The lowest BCUT2D eigenvalue weighted by Gasteiger charge is -2.11. The maximum Gasteiger partial charge on any atom is 0.328 e. The van der Waals surface area contributed by atoms with Gasteiger partial charge in [-0.3, -0.25) is 9.36 Å². The number of amides is 1. The number of hydrogen-bond acceptors (Lipinski definition) is 2. The normalized spacial score (nSPS) is 10.4. The number of hydrogen-bond donors (Lipinski definition) is 0. The van der Waals surface area contributed by atoms with E-state index in [0.717, 1.165) is 17.2 Å². The van der Waals surface area contributed by atoms with Crippen molar-refractivity contribution in [3.8, 4) is 0 Å². The Bertz CT molecular complexity index is 555. The molecule has 0 bridgehead atoms. The molecule has 0 atom stereocenters. The molecule has 16 heavy (non-hydrogen) atoms. The Kier molecular flexibility index (Phi) is 2.48. The molecule has 0 aliphatic rings. The van der Waals surface area contributed by atoms with Gasteiger partial charge >= 0.3 is 6.03 Å². The number of aromatic nitrogens is 1. The third-order valence-electron chi connectivity index (χ3n) is 2.46. The summed E-state index contributed by atoms with van der Waals surface area (Å²) in [6.45, 7) is 0. The number of carbonyl (C=O) groups excluding carboxylic acids is 2. The van der Waals surface area contributed by atoms with Crippen molar-refractivity contribution in [2.45, 2.75) is 0 Å². The molecule has 82 valence electrons. The Morgan fingerprint density at radius 2 is 2.00 bits per heavy atom. The standard InChI is InChI=1S/C12H12N2O2/c1-13(2)12(16)14-7-9(8-15)10-5-3-4-6-11(10)14/h3-8H,1-2H3. The molecule has 0 saturated heterocycles. The Morgan fingerprint density at radius 1 is 1.31 bits per heavy atom. The van der Waals surface area contributed by atoms with Crippen molar-refractivity contribution in [3.63, 3.8) is 0 Å². The number of nitrogens with zero attached hydrogens (tertiary/aromatic N) is 2. The Hall–Kier alpha value is -2.10. The Balaban J connectivity index is 2.71. The number of rotatable bonds is 1. The first-order valence-corrected chi connectivity index (χ1v) is 4.92. The van der Waals surface area contributed by atoms with Gasteiger partial charge in [-0.2, -0.15) is 0 Å². The number of carbonyl (C=O) groups is 2. The van der Waals surface area contributed by atoms with Crippen LogP contribution >= 0.6 is 0 Å². The topological polar surface area (TPSA) is 42.3 Å². The number of fused-ring (bicyclic) bond motifs is 1. The first kappa shape index (κ1) is 10.4. The summed E-state index contributed by atoms with van der Waals surface area (Å²) in [7, 11) is 3.36. The maximum absolute atomic E-state index is 11.9. The number of para-hydroxylation sites is 1. The first-order chi connectivity index (χ1) is 7.65. The van der Waals surface area contributed by atoms with E-state index in [1.54, 1.807) is 20.3 Å². The largest absolute Gasteiger partial charge is 0.330 e. The van der Waals surface area contributed by atoms with E-state index in [1.165, 1.54) is 9.47 Å². The van der Waals surface area contributed by atoms with Crippen LogP contribution in [0.2, 0.25) is 0 Å². The van der Waals surface area contributed by atoms with Crippen LogP contribution in [0.1, 0.15) is 10.4 Å². The zero-order valence-electron chi connectivity index (χ0n) is 9.18. The van der Waals surface area contributed by atoms with E-state index in [9.17, 15) is 9.59 Å². The van der Waals surface area contributed by atoms with Crippen LogP contribution < -0.4 is 0 Å². The molecule has 1 amide bonds. The molecule has 4 heteroatoms. The van der Waals surface area contributed by atoms with Gasteiger partial charge in [0.2, 0.25) is 0 Å².